The van der Waals surface area contributed by atoms with E-state index < -0.39 is 5.97 Å². The van der Waals surface area contributed by atoms with Crippen LogP contribution in [0.4, 0.5) is 5.69 Å². The van der Waals surface area contributed by atoms with Gasteiger partial charge in [0.15, 0.2) is 5.17 Å². The number of phenols is 1. The molecule has 1 fully saturated rings. The summed E-state index contributed by atoms with van der Waals surface area (Å²) in [6.07, 6.45) is 3.74. The summed E-state index contributed by atoms with van der Waals surface area (Å²) in [6.45, 7) is 1.90. The largest absolute Gasteiger partial charge is 0.507 e. The van der Waals surface area contributed by atoms with E-state index in [1.54, 1.807) is 6.08 Å². The van der Waals surface area contributed by atoms with Crippen molar-refractivity contribution in [2.45, 2.75) is 6.92 Å². The van der Waals surface area contributed by atoms with Crippen molar-refractivity contribution in [1.29, 1.82) is 0 Å². The fourth-order valence-electron chi connectivity index (χ4n) is 2.42. The number of aromatic hydroxyl groups is 1. The number of carbonyl (C=O) groups is 2. The van der Waals surface area contributed by atoms with Crippen molar-refractivity contribution in [3.8, 4) is 5.75 Å². The highest BCUT2D eigenvalue weighted by molar-refractivity contribution is 8.18. The number of nitrogens with zero attached hydrogens (tertiary/aromatic N) is 1. The van der Waals surface area contributed by atoms with Crippen molar-refractivity contribution in [3.05, 3.63) is 76.2 Å². The quantitative estimate of drug-likeness (QED) is 0.698. The molecular formula is C20H16N2O4S. The zero-order valence-corrected chi connectivity index (χ0v) is 15.2. The fraction of sp³-hybridized carbons (Fsp3) is 0.0500. The summed E-state index contributed by atoms with van der Waals surface area (Å²) < 4.78 is 0. The molecule has 7 heteroatoms. The molecule has 0 unspecified atom stereocenters. The molecule has 27 heavy (non-hydrogen) atoms. The molecule has 2 aromatic carbocycles. The number of hydrogen-bond donors (Lipinski definition) is 3. The molecule has 0 radical (unpaired) electrons. The molecule has 1 aliphatic rings. The van der Waals surface area contributed by atoms with Crippen molar-refractivity contribution in [1.82, 2.24) is 5.32 Å². The van der Waals surface area contributed by atoms with Gasteiger partial charge in [-0.25, -0.2) is 9.79 Å². The van der Waals surface area contributed by atoms with E-state index in [0.29, 0.717) is 15.8 Å². The Balaban J connectivity index is 1.81. The second kappa shape index (κ2) is 7.92. The van der Waals surface area contributed by atoms with Crippen LogP contribution in [0.15, 0.2) is 70.1 Å². The van der Waals surface area contributed by atoms with Gasteiger partial charge >= 0.3 is 5.97 Å². The number of benzene rings is 2. The van der Waals surface area contributed by atoms with Crippen LogP contribution in [-0.4, -0.2) is 27.3 Å². The van der Waals surface area contributed by atoms with E-state index in [-0.39, 0.29) is 17.2 Å². The van der Waals surface area contributed by atoms with Crippen LogP contribution < -0.4 is 5.32 Å². The molecule has 2 aromatic rings. The van der Waals surface area contributed by atoms with E-state index in [9.17, 15) is 14.7 Å². The van der Waals surface area contributed by atoms with Crippen LogP contribution in [0.5, 0.6) is 5.75 Å². The van der Waals surface area contributed by atoms with Crippen molar-refractivity contribution in [2.75, 3.05) is 0 Å². The van der Waals surface area contributed by atoms with Crippen LogP contribution in [0.3, 0.4) is 0 Å². The molecule has 6 nitrogen and oxygen atoms in total. The van der Waals surface area contributed by atoms with Gasteiger partial charge in [-0.05, 0) is 54.1 Å². The van der Waals surface area contributed by atoms with E-state index >= 15 is 0 Å². The van der Waals surface area contributed by atoms with Crippen LogP contribution in [0.1, 0.15) is 22.8 Å². The third-order valence-electron chi connectivity index (χ3n) is 3.64. The van der Waals surface area contributed by atoms with Crippen LogP contribution in [-0.2, 0) is 4.79 Å². The van der Waals surface area contributed by atoms with E-state index in [4.69, 9.17) is 5.11 Å². The Morgan fingerprint density at radius 2 is 1.93 bits per heavy atom. The minimum Gasteiger partial charge on any atom is -0.507 e. The highest BCUT2D eigenvalue weighted by Gasteiger charge is 2.24. The van der Waals surface area contributed by atoms with Gasteiger partial charge in [0, 0.05) is 0 Å². The van der Waals surface area contributed by atoms with Crippen LogP contribution in [0.2, 0.25) is 0 Å². The minimum absolute atomic E-state index is 0.247. The lowest BCUT2D eigenvalue weighted by molar-refractivity contribution is -0.115. The van der Waals surface area contributed by atoms with E-state index in [0.717, 1.165) is 11.1 Å². The van der Waals surface area contributed by atoms with Crippen molar-refractivity contribution >= 4 is 40.6 Å². The maximum Gasteiger partial charge on any atom is 0.339 e. The molecular weight excluding hydrogens is 364 g/mol. The number of carboxylic acid groups (broad SMARTS) is 1. The third-order valence-corrected chi connectivity index (χ3v) is 4.55. The van der Waals surface area contributed by atoms with Gasteiger partial charge in [0.05, 0.1) is 10.6 Å². The second-order valence-electron chi connectivity index (χ2n) is 5.79. The number of rotatable bonds is 4. The Morgan fingerprint density at radius 1 is 1.19 bits per heavy atom. The van der Waals surface area contributed by atoms with Gasteiger partial charge in [-0.15, -0.1) is 0 Å². The van der Waals surface area contributed by atoms with Crippen molar-refractivity contribution in [2.24, 2.45) is 4.99 Å². The normalized spacial score (nSPS) is 17.4. The zero-order chi connectivity index (χ0) is 19.4. The second-order valence-corrected chi connectivity index (χ2v) is 6.82. The van der Waals surface area contributed by atoms with Crippen molar-refractivity contribution < 1.29 is 19.8 Å². The summed E-state index contributed by atoms with van der Waals surface area (Å²) in [6, 6.07) is 13.8. The summed E-state index contributed by atoms with van der Waals surface area (Å²) in [7, 11) is 0. The smallest absolute Gasteiger partial charge is 0.339 e. The standard InChI is InChI=1S/C20H16N2O4S/c1-12(9-13-5-3-2-4-6-13)10-17-18(24)22-20(27-17)21-14-7-8-16(23)15(11-14)19(25)26/h2-11,23H,1H3,(H,25,26)(H,21,22,24)/b12-9+,17-10-. The summed E-state index contributed by atoms with van der Waals surface area (Å²) in [4.78, 5) is 28.0. The maximum absolute atomic E-state index is 12.1. The molecule has 1 heterocycles. The Kier molecular flexibility index (Phi) is 5.42. The van der Waals surface area contributed by atoms with Crippen LogP contribution >= 0.6 is 11.8 Å². The number of carboxylic acids is 1. The van der Waals surface area contributed by atoms with E-state index in [2.05, 4.69) is 10.3 Å². The number of allylic oxidation sites excluding steroid dienone is 2. The average molecular weight is 380 g/mol. The summed E-state index contributed by atoms with van der Waals surface area (Å²) in [5, 5.41) is 21.6. The Bertz CT molecular complexity index is 994. The molecule has 0 saturated carbocycles. The average Bonchev–Trinajstić information content (AvgIpc) is 2.96. The van der Waals surface area contributed by atoms with Gasteiger partial charge in [0.25, 0.3) is 5.91 Å². The number of aliphatic imine (C=N–C) groups is 1. The molecule has 3 rings (SSSR count). The lowest BCUT2D eigenvalue weighted by Crippen LogP contribution is -2.19. The summed E-state index contributed by atoms with van der Waals surface area (Å²) in [5.74, 6) is -1.85. The lowest BCUT2D eigenvalue weighted by Gasteiger charge is -2.01. The summed E-state index contributed by atoms with van der Waals surface area (Å²) >= 11 is 1.17. The lowest BCUT2D eigenvalue weighted by atomic mass is 10.1. The first-order valence-corrected chi connectivity index (χ1v) is 8.83. The Morgan fingerprint density at radius 3 is 2.63 bits per heavy atom. The van der Waals surface area contributed by atoms with Gasteiger partial charge in [0.1, 0.15) is 11.3 Å². The highest BCUT2D eigenvalue weighted by atomic mass is 32.2. The number of aromatic carboxylic acids is 1. The minimum atomic E-state index is -1.25. The maximum atomic E-state index is 12.1. The number of hydrogen-bond acceptors (Lipinski definition) is 5. The first-order chi connectivity index (χ1) is 12.9. The predicted molar refractivity (Wildman–Crippen MR) is 106 cm³/mol. The van der Waals surface area contributed by atoms with Crippen LogP contribution in [0, 0.1) is 0 Å². The molecule has 1 aliphatic heterocycles. The monoisotopic (exact) mass is 380 g/mol. The Hall–Kier alpha value is -3.32. The SMILES string of the molecule is CC(/C=C1\SC(=Nc2ccc(O)c(C(=O)O)c2)NC1=O)=C\c1ccccc1. The molecule has 1 amide bonds. The number of amidine groups is 1. The van der Waals surface area contributed by atoms with Gasteiger partial charge in [-0.1, -0.05) is 36.4 Å². The van der Waals surface area contributed by atoms with Crippen LogP contribution in [0.25, 0.3) is 6.08 Å². The molecule has 3 N–H and O–H groups in total. The first kappa shape index (κ1) is 18.5. The fourth-order valence-corrected chi connectivity index (χ4v) is 3.31. The number of nitrogens with one attached hydrogen (secondary N) is 1. The van der Waals surface area contributed by atoms with Gasteiger partial charge < -0.3 is 15.5 Å². The molecule has 0 aromatic heterocycles. The highest BCUT2D eigenvalue weighted by Crippen LogP contribution is 2.29. The number of thioether (sulfide) groups is 1. The molecule has 0 spiro atoms. The van der Waals surface area contributed by atoms with E-state index in [1.807, 2.05) is 43.3 Å². The summed E-state index contributed by atoms with van der Waals surface area (Å²) in [5.41, 5.74) is 2.03. The number of carbonyl (C=O) groups excluding carboxylic acids is 1. The predicted octanol–water partition coefficient (Wildman–Crippen LogP) is 3.93. The molecule has 0 bridgehead atoms. The topological polar surface area (TPSA) is 99.0 Å². The van der Waals surface area contributed by atoms with Gasteiger partial charge in [0.2, 0.25) is 0 Å². The Labute approximate surface area is 160 Å². The molecule has 1 saturated heterocycles. The van der Waals surface area contributed by atoms with Gasteiger partial charge in [-0.3, -0.25) is 4.79 Å². The number of amides is 1. The molecule has 0 atom stereocenters. The van der Waals surface area contributed by atoms with Crippen molar-refractivity contribution in [3.63, 3.8) is 0 Å². The third kappa shape index (κ3) is 4.65. The molecule has 0 aliphatic carbocycles. The zero-order valence-electron chi connectivity index (χ0n) is 14.3. The first-order valence-electron chi connectivity index (χ1n) is 8.01. The van der Waals surface area contributed by atoms with Gasteiger partial charge in [-0.2, -0.15) is 0 Å². The molecule has 136 valence electrons. The van der Waals surface area contributed by atoms with E-state index in [1.165, 1.54) is 30.0 Å².